The molecule has 42 heavy (non-hydrogen) atoms. The molecule has 0 aromatic heterocycles. The summed E-state index contributed by atoms with van der Waals surface area (Å²) in [4.78, 5) is 45.6. The van der Waals surface area contributed by atoms with Crippen molar-refractivity contribution in [2.75, 3.05) is 13.7 Å². The van der Waals surface area contributed by atoms with Crippen LogP contribution in [-0.4, -0.2) is 47.2 Å². The molecule has 0 radical (unpaired) electrons. The number of hydrogen-bond donors (Lipinski definition) is 1. The number of carboxylic acids is 1. The molecule has 1 aliphatic rings. The van der Waals surface area contributed by atoms with Gasteiger partial charge >= 0.3 is 5.97 Å². The van der Waals surface area contributed by atoms with Gasteiger partial charge in [-0.15, -0.1) is 0 Å². The van der Waals surface area contributed by atoms with Gasteiger partial charge in [-0.25, -0.2) is 9.18 Å². The highest BCUT2D eigenvalue weighted by atomic mass is 35.5. The number of halogens is 2. The Labute approximate surface area is 248 Å². The summed E-state index contributed by atoms with van der Waals surface area (Å²) in [5.41, 5.74) is 2.22. The Balaban J connectivity index is 1.60. The molecule has 0 spiro atoms. The highest BCUT2D eigenvalue weighted by Gasteiger charge is 2.35. The molecule has 10 heteroatoms. The Morgan fingerprint density at radius 1 is 1.12 bits per heavy atom. The number of oxime groups is 1. The topological polar surface area (TPSA) is 106 Å². The van der Waals surface area contributed by atoms with Crippen LogP contribution in [0.2, 0.25) is 5.02 Å². The van der Waals surface area contributed by atoms with E-state index in [1.165, 1.54) is 41.3 Å². The van der Waals surface area contributed by atoms with Crippen LogP contribution in [0.25, 0.3) is 0 Å². The van der Waals surface area contributed by atoms with Gasteiger partial charge in [-0.05, 0) is 97.3 Å². The summed E-state index contributed by atoms with van der Waals surface area (Å²) in [6, 6.07) is 17.0. The van der Waals surface area contributed by atoms with Gasteiger partial charge in [-0.2, -0.15) is 0 Å². The van der Waals surface area contributed by atoms with Crippen molar-refractivity contribution in [3.8, 4) is 11.5 Å². The molecule has 2 amide bonds. The number of carbonyl (C=O) groups is 3. The molecule has 1 aliphatic heterocycles. The zero-order chi connectivity index (χ0) is 30.2. The average Bonchev–Trinajstić information content (AvgIpc) is 3.14. The second kappa shape index (κ2) is 14.1. The number of carbonyl (C=O) groups excluding carboxylic acids is 2. The number of rotatable bonds is 10. The molecule has 0 bridgehead atoms. The second-order valence-corrected chi connectivity index (χ2v) is 10.6. The molecule has 1 unspecified atom stereocenters. The van der Waals surface area contributed by atoms with E-state index in [0.717, 1.165) is 11.1 Å². The zero-order valence-electron chi connectivity index (χ0n) is 23.4. The van der Waals surface area contributed by atoms with E-state index in [1.807, 2.05) is 6.92 Å². The minimum Gasteiger partial charge on any atom is -0.496 e. The smallest absolute Gasteiger partial charge is 0.335 e. The summed E-state index contributed by atoms with van der Waals surface area (Å²) >= 11 is 6.23. The van der Waals surface area contributed by atoms with E-state index in [1.54, 1.807) is 37.4 Å². The zero-order valence-corrected chi connectivity index (χ0v) is 24.1. The maximum Gasteiger partial charge on any atom is 0.335 e. The second-order valence-electron chi connectivity index (χ2n) is 10.2. The van der Waals surface area contributed by atoms with Gasteiger partial charge in [0.25, 0.3) is 0 Å². The lowest BCUT2D eigenvalue weighted by molar-refractivity contribution is -0.146. The SMILES string of the molecule is CC[C@@H](CC(=O)N1C/C(=N/Oc2ccc(F)cc2)CCC(Cc2cc(Cl)ccc2OC)C1=O)c1ccc(C(=O)O)cc1. The number of carboxylic acid groups (broad SMARTS) is 1. The fraction of sp³-hybridized carbons (Fsp3) is 0.312. The Bertz CT molecular complexity index is 1460. The van der Waals surface area contributed by atoms with Crippen LogP contribution in [0.15, 0.2) is 71.9 Å². The van der Waals surface area contributed by atoms with Crippen molar-refractivity contribution in [1.82, 2.24) is 4.90 Å². The number of methoxy groups -OCH3 is 1. The van der Waals surface area contributed by atoms with Crippen molar-refractivity contribution in [1.29, 1.82) is 0 Å². The lowest BCUT2D eigenvalue weighted by atomic mass is 9.91. The van der Waals surface area contributed by atoms with E-state index in [-0.39, 0.29) is 36.3 Å². The molecule has 0 saturated carbocycles. The number of imide groups is 1. The number of amides is 2. The minimum absolute atomic E-state index is 0.0452. The fourth-order valence-corrected chi connectivity index (χ4v) is 5.20. The Hall–Kier alpha value is -4.24. The Kier molecular flexibility index (Phi) is 10.3. The van der Waals surface area contributed by atoms with E-state index >= 15 is 0 Å². The minimum atomic E-state index is -1.03. The lowest BCUT2D eigenvalue weighted by Gasteiger charge is -2.25. The Morgan fingerprint density at radius 2 is 1.83 bits per heavy atom. The third-order valence-corrected chi connectivity index (χ3v) is 7.62. The highest BCUT2D eigenvalue weighted by molar-refractivity contribution is 6.30. The van der Waals surface area contributed by atoms with Gasteiger partial charge in [-0.3, -0.25) is 14.5 Å². The summed E-state index contributed by atoms with van der Waals surface area (Å²) in [5, 5.41) is 14.0. The first-order valence-electron chi connectivity index (χ1n) is 13.7. The highest BCUT2D eigenvalue weighted by Crippen LogP contribution is 2.31. The largest absolute Gasteiger partial charge is 0.496 e. The monoisotopic (exact) mass is 594 g/mol. The van der Waals surface area contributed by atoms with E-state index in [2.05, 4.69) is 5.16 Å². The van der Waals surface area contributed by atoms with Crippen molar-refractivity contribution in [2.45, 2.75) is 44.9 Å². The van der Waals surface area contributed by atoms with Crippen molar-refractivity contribution in [2.24, 2.45) is 11.1 Å². The molecule has 1 fully saturated rings. The van der Waals surface area contributed by atoms with Crippen LogP contribution in [0.3, 0.4) is 0 Å². The summed E-state index contributed by atoms with van der Waals surface area (Å²) in [5.74, 6) is -1.98. The maximum absolute atomic E-state index is 13.9. The van der Waals surface area contributed by atoms with E-state index in [0.29, 0.717) is 47.9 Å². The van der Waals surface area contributed by atoms with E-state index < -0.39 is 17.7 Å². The van der Waals surface area contributed by atoms with Crippen LogP contribution in [0, 0.1) is 11.7 Å². The van der Waals surface area contributed by atoms with Gasteiger partial charge in [0.1, 0.15) is 11.6 Å². The molecule has 4 rings (SSSR count). The predicted molar refractivity (Wildman–Crippen MR) is 157 cm³/mol. The van der Waals surface area contributed by atoms with Crippen molar-refractivity contribution in [3.63, 3.8) is 0 Å². The molecule has 1 saturated heterocycles. The van der Waals surface area contributed by atoms with Gasteiger partial charge in [0.15, 0.2) is 5.75 Å². The molecule has 3 aromatic rings. The number of benzene rings is 3. The molecule has 8 nitrogen and oxygen atoms in total. The first kappa shape index (κ1) is 30.7. The first-order chi connectivity index (χ1) is 20.2. The van der Waals surface area contributed by atoms with Gasteiger partial charge in [0.05, 0.1) is 24.9 Å². The van der Waals surface area contributed by atoms with Crippen LogP contribution in [-0.2, 0) is 16.0 Å². The normalized spacial score (nSPS) is 17.0. The lowest BCUT2D eigenvalue weighted by Crippen LogP contribution is -2.42. The molecule has 3 aromatic carbocycles. The predicted octanol–water partition coefficient (Wildman–Crippen LogP) is 6.51. The third-order valence-electron chi connectivity index (χ3n) is 7.38. The number of ether oxygens (including phenoxy) is 1. The molecule has 220 valence electrons. The molecular formula is C32H32ClFN2O6. The third kappa shape index (κ3) is 7.73. The van der Waals surface area contributed by atoms with Crippen LogP contribution < -0.4 is 9.57 Å². The standard InChI is InChI=1S/C32H32ClFN2O6/c1-3-20(21-4-6-22(7-5-21)32(39)40)18-30(37)36-19-27(35-42-28-13-10-26(34)11-14-28)12-8-23(31(36)38)16-24-17-25(33)9-15-29(24)41-2/h4-7,9-11,13-15,17,20,23H,3,8,12,16,18-19H2,1-2H3,(H,39,40)/b35-27+/t20-,23?/m0/s1. The quantitative estimate of drug-likeness (QED) is 0.268. The number of likely N-dealkylation sites (tertiary alicyclic amines) is 1. The van der Waals surface area contributed by atoms with Crippen LogP contribution in [0.4, 0.5) is 4.39 Å². The summed E-state index contributed by atoms with van der Waals surface area (Å²) in [6.45, 7) is 1.89. The van der Waals surface area contributed by atoms with Crippen LogP contribution in [0.1, 0.15) is 60.0 Å². The average molecular weight is 595 g/mol. The van der Waals surface area contributed by atoms with Crippen LogP contribution in [0.5, 0.6) is 11.5 Å². The molecule has 0 aliphatic carbocycles. The fourth-order valence-electron chi connectivity index (χ4n) is 5.00. The van der Waals surface area contributed by atoms with Crippen molar-refractivity contribution in [3.05, 3.63) is 94.3 Å². The molecule has 2 atom stereocenters. The van der Waals surface area contributed by atoms with Crippen LogP contribution >= 0.6 is 11.6 Å². The van der Waals surface area contributed by atoms with Gasteiger partial charge in [-0.1, -0.05) is 35.8 Å². The number of hydrogen-bond acceptors (Lipinski definition) is 6. The number of aromatic carboxylic acids is 1. The molecule has 1 N–H and O–H groups in total. The maximum atomic E-state index is 13.9. The van der Waals surface area contributed by atoms with Gasteiger partial charge in [0.2, 0.25) is 11.8 Å². The first-order valence-corrected chi connectivity index (χ1v) is 14.0. The summed E-state index contributed by atoms with van der Waals surface area (Å²) < 4.78 is 18.8. The summed E-state index contributed by atoms with van der Waals surface area (Å²) in [7, 11) is 1.54. The van der Waals surface area contributed by atoms with Gasteiger partial charge in [0, 0.05) is 17.4 Å². The Morgan fingerprint density at radius 3 is 2.48 bits per heavy atom. The van der Waals surface area contributed by atoms with E-state index in [4.69, 9.17) is 21.2 Å². The molecule has 1 heterocycles. The van der Waals surface area contributed by atoms with Crippen molar-refractivity contribution < 1.29 is 33.5 Å². The molecular weight excluding hydrogens is 563 g/mol. The number of nitrogens with zero attached hydrogens (tertiary/aromatic N) is 2. The van der Waals surface area contributed by atoms with E-state index in [9.17, 15) is 23.9 Å². The summed E-state index contributed by atoms with van der Waals surface area (Å²) in [6.07, 6.45) is 1.79. The van der Waals surface area contributed by atoms with Crippen molar-refractivity contribution >= 4 is 35.1 Å². The van der Waals surface area contributed by atoms with Gasteiger partial charge < -0.3 is 14.7 Å².